The van der Waals surface area contributed by atoms with Crippen molar-refractivity contribution in [1.29, 1.82) is 0 Å². The van der Waals surface area contributed by atoms with Crippen LogP contribution in [0.2, 0.25) is 0 Å². The number of rotatable bonds is 4. The average Bonchev–Trinajstić information content (AvgIpc) is 2.81. The van der Waals surface area contributed by atoms with Crippen molar-refractivity contribution in [1.82, 2.24) is 15.0 Å². The maximum Gasteiger partial charge on any atom is 0.358 e. The fraction of sp³-hybridized carbons (Fsp3) is 0.231. The third-order valence-corrected chi connectivity index (χ3v) is 2.89. The standard InChI is InChI=1S/C13H13N3O3/c1-8-3-4-10(5-9(8)2)12(17)7-16-6-11(13(18)19)14-15-16/h3-6H,7H2,1-2H3,(H,18,19). The first-order valence-corrected chi connectivity index (χ1v) is 5.71. The van der Waals surface area contributed by atoms with Crippen molar-refractivity contribution in [3.63, 3.8) is 0 Å². The van der Waals surface area contributed by atoms with Gasteiger partial charge in [-0.3, -0.25) is 4.79 Å². The summed E-state index contributed by atoms with van der Waals surface area (Å²) in [5.41, 5.74) is 2.56. The Hall–Kier alpha value is -2.50. The van der Waals surface area contributed by atoms with Gasteiger partial charge in [-0.1, -0.05) is 17.3 Å². The van der Waals surface area contributed by atoms with E-state index in [-0.39, 0.29) is 18.0 Å². The third-order valence-electron chi connectivity index (χ3n) is 2.89. The van der Waals surface area contributed by atoms with Crippen LogP contribution in [0.25, 0.3) is 0 Å². The Labute approximate surface area is 109 Å². The molecular formula is C13H13N3O3. The number of aryl methyl sites for hydroxylation is 2. The van der Waals surface area contributed by atoms with E-state index >= 15 is 0 Å². The molecule has 2 rings (SSSR count). The molecule has 0 radical (unpaired) electrons. The molecule has 19 heavy (non-hydrogen) atoms. The number of aromatic nitrogens is 3. The first kappa shape index (κ1) is 12.9. The summed E-state index contributed by atoms with van der Waals surface area (Å²) >= 11 is 0. The van der Waals surface area contributed by atoms with Crippen LogP contribution in [0.1, 0.15) is 32.0 Å². The largest absolute Gasteiger partial charge is 0.476 e. The minimum absolute atomic E-state index is 0.0250. The predicted molar refractivity (Wildman–Crippen MR) is 67.2 cm³/mol. The summed E-state index contributed by atoms with van der Waals surface area (Å²) in [6, 6.07) is 5.44. The minimum atomic E-state index is -1.16. The molecule has 0 amide bonds. The van der Waals surface area contributed by atoms with Crippen molar-refractivity contribution in [2.45, 2.75) is 20.4 Å². The Bertz CT molecular complexity index is 646. The van der Waals surface area contributed by atoms with E-state index in [0.717, 1.165) is 11.1 Å². The van der Waals surface area contributed by atoms with Gasteiger partial charge in [-0.2, -0.15) is 0 Å². The van der Waals surface area contributed by atoms with E-state index in [1.54, 1.807) is 6.07 Å². The molecule has 0 bridgehead atoms. The summed E-state index contributed by atoms with van der Waals surface area (Å²) in [6.45, 7) is 3.88. The molecule has 0 aliphatic carbocycles. The molecule has 0 saturated heterocycles. The van der Waals surface area contributed by atoms with Crippen molar-refractivity contribution in [3.05, 3.63) is 46.8 Å². The highest BCUT2D eigenvalue weighted by Gasteiger charge is 2.12. The second kappa shape index (κ2) is 5.01. The molecule has 1 aromatic heterocycles. The van der Waals surface area contributed by atoms with E-state index in [2.05, 4.69) is 10.3 Å². The third kappa shape index (κ3) is 2.85. The van der Waals surface area contributed by atoms with Crippen molar-refractivity contribution < 1.29 is 14.7 Å². The maximum absolute atomic E-state index is 12.0. The second-order valence-electron chi connectivity index (χ2n) is 4.33. The van der Waals surface area contributed by atoms with Crippen LogP contribution < -0.4 is 0 Å². The summed E-state index contributed by atoms with van der Waals surface area (Å²) in [6.07, 6.45) is 1.24. The number of carboxylic acids is 1. The molecule has 0 aliphatic rings. The van der Waals surface area contributed by atoms with Crippen LogP contribution in [0.15, 0.2) is 24.4 Å². The van der Waals surface area contributed by atoms with Gasteiger partial charge in [0.05, 0.1) is 6.20 Å². The summed E-state index contributed by atoms with van der Waals surface area (Å²) in [7, 11) is 0. The summed E-state index contributed by atoms with van der Waals surface area (Å²) in [5, 5.41) is 15.8. The SMILES string of the molecule is Cc1ccc(C(=O)Cn2cc(C(=O)O)nn2)cc1C. The number of nitrogens with zero attached hydrogens (tertiary/aromatic N) is 3. The number of aromatic carboxylic acids is 1. The summed E-state index contributed by atoms with van der Waals surface area (Å²) in [4.78, 5) is 22.7. The number of hydrogen-bond donors (Lipinski definition) is 1. The Morgan fingerprint density at radius 2 is 2.00 bits per heavy atom. The van der Waals surface area contributed by atoms with Crippen molar-refractivity contribution in [3.8, 4) is 0 Å². The number of hydrogen-bond acceptors (Lipinski definition) is 4. The highest BCUT2D eigenvalue weighted by molar-refractivity contribution is 5.96. The Kier molecular flexibility index (Phi) is 3.41. The van der Waals surface area contributed by atoms with Gasteiger partial charge in [0.1, 0.15) is 6.54 Å². The van der Waals surface area contributed by atoms with Crippen LogP contribution in [0.4, 0.5) is 0 Å². The zero-order chi connectivity index (χ0) is 14.0. The zero-order valence-electron chi connectivity index (χ0n) is 10.6. The highest BCUT2D eigenvalue weighted by atomic mass is 16.4. The molecule has 2 aromatic rings. The topological polar surface area (TPSA) is 85.1 Å². The van der Waals surface area contributed by atoms with E-state index in [1.807, 2.05) is 26.0 Å². The van der Waals surface area contributed by atoms with E-state index in [1.165, 1.54) is 10.9 Å². The van der Waals surface area contributed by atoms with Crippen LogP contribution in [0, 0.1) is 13.8 Å². The van der Waals surface area contributed by atoms with Gasteiger partial charge >= 0.3 is 5.97 Å². The molecule has 1 heterocycles. The number of carbonyl (C=O) groups is 2. The first-order valence-electron chi connectivity index (χ1n) is 5.71. The average molecular weight is 259 g/mol. The Morgan fingerprint density at radius 1 is 1.26 bits per heavy atom. The monoisotopic (exact) mass is 259 g/mol. The van der Waals surface area contributed by atoms with E-state index in [0.29, 0.717) is 5.56 Å². The normalized spacial score (nSPS) is 10.4. The lowest BCUT2D eigenvalue weighted by atomic mass is 10.0. The van der Waals surface area contributed by atoms with Gasteiger partial charge < -0.3 is 5.11 Å². The minimum Gasteiger partial charge on any atom is -0.476 e. The fourth-order valence-corrected chi connectivity index (χ4v) is 1.63. The van der Waals surface area contributed by atoms with Gasteiger partial charge in [0.2, 0.25) is 0 Å². The van der Waals surface area contributed by atoms with Crippen molar-refractivity contribution in [2.75, 3.05) is 0 Å². The van der Waals surface area contributed by atoms with Crippen molar-refractivity contribution in [2.24, 2.45) is 0 Å². The smallest absolute Gasteiger partial charge is 0.358 e. The number of benzene rings is 1. The Balaban J connectivity index is 2.15. The number of ketones is 1. The fourth-order valence-electron chi connectivity index (χ4n) is 1.63. The van der Waals surface area contributed by atoms with Gasteiger partial charge in [0, 0.05) is 5.56 Å². The summed E-state index contributed by atoms with van der Waals surface area (Å²) < 4.78 is 1.22. The van der Waals surface area contributed by atoms with E-state index < -0.39 is 5.97 Å². The molecule has 1 N–H and O–H groups in total. The molecule has 0 spiro atoms. The number of Topliss-reactive ketones (excluding diaryl/α,β-unsaturated/α-hetero) is 1. The first-order chi connectivity index (χ1) is 8.97. The quantitative estimate of drug-likeness (QED) is 0.840. The second-order valence-corrected chi connectivity index (χ2v) is 4.33. The molecular weight excluding hydrogens is 246 g/mol. The van der Waals surface area contributed by atoms with Gasteiger partial charge in [-0.05, 0) is 31.0 Å². The van der Waals surface area contributed by atoms with Crippen LogP contribution >= 0.6 is 0 Å². The van der Waals surface area contributed by atoms with Crippen LogP contribution in [-0.4, -0.2) is 31.9 Å². The molecule has 0 unspecified atom stereocenters. The van der Waals surface area contributed by atoms with Gasteiger partial charge in [0.15, 0.2) is 11.5 Å². The molecule has 0 atom stereocenters. The molecule has 1 aromatic carbocycles. The molecule has 6 heteroatoms. The van der Waals surface area contributed by atoms with Crippen LogP contribution in [0.3, 0.4) is 0 Å². The summed E-state index contributed by atoms with van der Waals surface area (Å²) in [5.74, 6) is -1.30. The molecule has 6 nitrogen and oxygen atoms in total. The molecule has 98 valence electrons. The molecule has 0 saturated carbocycles. The number of carbonyl (C=O) groups excluding carboxylic acids is 1. The Morgan fingerprint density at radius 3 is 2.58 bits per heavy atom. The number of carboxylic acid groups (broad SMARTS) is 1. The molecule has 0 fully saturated rings. The van der Waals surface area contributed by atoms with Crippen LogP contribution in [0.5, 0.6) is 0 Å². The molecule has 0 aliphatic heterocycles. The van der Waals surface area contributed by atoms with E-state index in [4.69, 9.17) is 5.11 Å². The maximum atomic E-state index is 12.0. The highest BCUT2D eigenvalue weighted by Crippen LogP contribution is 2.11. The van der Waals surface area contributed by atoms with Crippen LogP contribution in [-0.2, 0) is 6.54 Å². The lowest BCUT2D eigenvalue weighted by Gasteiger charge is -2.04. The van der Waals surface area contributed by atoms with Gasteiger partial charge in [-0.15, -0.1) is 5.10 Å². The van der Waals surface area contributed by atoms with E-state index in [9.17, 15) is 9.59 Å². The van der Waals surface area contributed by atoms with Gasteiger partial charge in [-0.25, -0.2) is 9.48 Å². The zero-order valence-corrected chi connectivity index (χ0v) is 10.6. The van der Waals surface area contributed by atoms with Crippen molar-refractivity contribution >= 4 is 11.8 Å². The predicted octanol–water partition coefficient (Wildman–Crippen LogP) is 1.48. The lowest BCUT2D eigenvalue weighted by Crippen LogP contribution is -2.11. The van der Waals surface area contributed by atoms with Gasteiger partial charge in [0.25, 0.3) is 0 Å². The lowest BCUT2D eigenvalue weighted by molar-refractivity contribution is 0.0690.